The third kappa shape index (κ3) is 2.76. The molecule has 1 aliphatic rings. The maximum atomic E-state index is 9.44. The Morgan fingerprint density at radius 1 is 0.800 bits per heavy atom. The zero-order chi connectivity index (χ0) is 21.1. The smallest absolute Gasteiger partial charge is 0.399 e. The fourth-order valence-electron chi connectivity index (χ4n) is 4.09. The highest BCUT2D eigenvalue weighted by atomic mass is 16.7. The summed E-state index contributed by atoms with van der Waals surface area (Å²) >= 11 is 0. The number of rotatable bonds is 2. The first-order valence-corrected chi connectivity index (χ1v) is 10.2. The third-order valence-electron chi connectivity index (χ3n) is 6.46. The van der Waals surface area contributed by atoms with Gasteiger partial charge in [-0.25, -0.2) is 0 Å². The third-order valence-corrected chi connectivity index (χ3v) is 6.46. The van der Waals surface area contributed by atoms with Crippen molar-refractivity contribution in [1.29, 1.82) is 5.26 Å². The summed E-state index contributed by atoms with van der Waals surface area (Å²) in [5, 5.41) is 11.6. The summed E-state index contributed by atoms with van der Waals surface area (Å²) in [5.41, 5.74) is 4.10. The van der Waals surface area contributed by atoms with E-state index in [1.54, 1.807) is 0 Å². The van der Waals surface area contributed by atoms with Gasteiger partial charge in [-0.2, -0.15) is 5.26 Å². The van der Waals surface area contributed by atoms with E-state index in [1.807, 2.05) is 36.4 Å². The molecule has 0 aliphatic carbocycles. The minimum Gasteiger partial charge on any atom is -0.399 e. The van der Waals surface area contributed by atoms with Crippen molar-refractivity contribution in [3.05, 3.63) is 72.3 Å². The molecule has 148 valence electrons. The average Bonchev–Trinajstić information content (AvgIpc) is 3.17. The molecule has 2 heterocycles. The zero-order valence-electron chi connectivity index (χ0n) is 17.6. The monoisotopic (exact) mass is 394 g/mol. The number of nitrogens with zero attached hydrogens (tertiary/aromatic N) is 2. The number of hydrogen-bond acceptors (Lipinski definition) is 3. The van der Waals surface area contributed by atoms with Crippen molar-refractivity contribution in [1.82, 2.24) is 4.57 Å². The zero-order valence-corrected chi connectivity index (χ0v) is 17.6. The summed E-state index contributed by atoms with van der Waals surface area (Å²) in [7, 11) is -0.423. The van der Waals surface area contributed by atoms with Gasteiger partial charge in [0.2, 0.25) is 0 Å². The summed E-state index contributed by atoms with van der Waals surface area (Å²) in [6.07, 6.45) is 0. The Morgan fingerprint density at radius 2 is 1.40 bits per heavy atom. The second-order valence-corrected chi connectivity index (χ2v) is 8.88. The molecule has 5 heteroatoms. The number of fused-ring (bicyclic) bond motifs is 3. The highest BCUT2D eigenvalue weighted by molar-refractivity contribution is 6.62. The Hall–Kier alpha value is -3.07. The molecule has 0 atom stereocenters. The van der Waals surface area contributed by atoms with E-state index in [0.29, 0.717) is 5.56 Å². The standard InChI is InChI=1S/C25H23BN2O2/c1-24(2)25(3,4)30-26(29-24)18-11-13-23-21(15-18)20-14-17(16-27)10-12-22(20)28(23)19-8-6-5-7-9-19/h5-15H,1-4H3. The van der Waals surface area contributed by atoms with Gasteiger partial charge in [0.1, 0.15) is 0 Å². The molecule has 0 saturated carbocycles. The lowest BCUT2D eigenvalue weighted by Gasteiger charge is -2.32. The maximum Gasteiger partial charge on any atom is 0.494 e. The molecule has 5 rings (SSSR count). The van der Waals surface area contributed by atoms with Gasteiger partial charge in [0.05, 0.1) is 33.9 Å². The van der Waals surface area contributed by atoms with E-state index < -0.39 is 18.3 Å². The first kappa shape index (κ1) is 18.9. The van der Waals surface area contributed by atoms with Crippen LogP contribution in [0.2, 0.25) is 0 Å². The topological polar surface area (TPSA) is 47.2 Å². The van der Waals surface area contributed by atoms with Gasteiger partial charge >= 0.3 is 7.12 Å². The van der Waals surface area contributed by atoms with Gasteiger partial charge in [-0.15, -0.1) is 0 Å². The summed E-state index contributed by atoms with van der Waals surface area (Å²) in [4.78, 5) is 0. The van der Waals surface area contributed by atoms with E-state index in [4.69, 9.17) is 9.31 Å². The molecule has 0 bridgehead atoms. The van der Waals surface area contributed by atoms with E-state index in [2.05, 4.69) is 68.7 Å². The highest BCUT2D eigenvalue weighted by Gasteiger charge is 2.51. The molecule has 4 nitrogen and oxygen atoms in total. The molecule has 1 saturated heterocycles. The van der Waals surface area contributed by atoms with Gasteiger partial charge in [-0.3, -0.25) is 0 Å². The molecule has 30 heavy (non-hydrogen) atoms. The van der Waals surface area contributed by atoms with E-state index >= 15 is 0 Å². The Labute approximate surface area is 176 Å². The summed E-state index contributed by atoms with van der Waals surface area (Å²) in [6, 6.07) is 24.7. The van der Waals surface area contributed by atoms with Crippen LogP contribution in [0, 0.1) is 11.3 Å². The molecule has 0 unspecified atom stereocenters. The molecule has 3 aromatic carbocycles. The maximum absolute atomic E-state index is 9.44. The van der Waals surface area contributed by atoms with Gasteiger partial charge in [0.25, 0.3) is 0 Å². The van der Waals surface area contributed by atoms with E-state index in [9.17, 15) is 5.26 Å². The number of para-hydroxylation sites is 1. The molecule has 0 amide bonds. The minimum absolute atomic E-state index is 0.390. The number of nitriles is 1. The van der Waals surface area contributed by atoms with Crippen LogP contribution in [-0.4, -0.2) is 22.9 Å². The molecule has 1 aliphatic heterocycles. The van der Waals surface area contributed by atoms with Crippen molar-refractivity contribution >= 4 is 34.4 Å². The molecule has 0 spiro atoms. The predicted octanol–water partition coefficient (Wildman–Crippen LogP) is 4.95. The summed E-state index contributed by atoms with van der Waals surface area (Å²) in [6.45, 7) is 8.25. The van der Waals surface area contributed by atoms with Gasteiger partial charge < -0.3 is 13.9 Å². The minimum atomic E-state index is -0.423. The molecule has 1 fully saturated rings. The largest absolute Gasteiger partial charge is 0.494 e. The quantitative estimate of drug-likeness (QED) is 0.452. The SMILES string of the molecule is CC1(C)OB(c2ccc3c(c2)c2cc(C#N)ccc2n3-c2ccccc2)OC1(C)C. The van der Waals surface area contributed by atoms with Crippen molar-refractivity contribution in [3.63, 3.8) is 0 Å². The van der Waals surface area contributed by atoms with Crippen LogP contribution in [0.3, 0.4) is 0 Å². The van der Waals surface area contributed by atoms with Crippen molar-refractivity contribution in [2.24, 2.45) is 0 Å². The Bertz CT molecular complexity index is 1300. The van der Waals surface area contributed by atoms with E-state index in [1.165, 1.54) is 0 Å². The Morgan fingerprint density at radius 3 is 2.03 bits per heavy atom. The van der Waals surface area contributed by atoms with Crippen LogP contribution in [0.25, 0.3) is 27.5 Å². The second kappa shape index (κ2) is 6.47. The number of benzene rings is 3. The van der Waals surface area contributed by atoms with Crippen molar-refractivity contribution in [2.75, 3.05) is 0 Å². The van der Waals surface area contributed by atoms with Gasteiger partial charge in [-0.05, 0) is 69.6 Å². The first-order valence-electron chi connectivity index (χ1n) is 10.2. The van der Waals surface area contributed by atoms with Crippen LogP contribution in [0.1, 0.15) is 33.3 Å². The molecule has 4 aromatic rings. The Kier molecular flexibility index (Phi) is 4.08. The van der Waals surface area contributed by atoms with Crippen LogP contribution < -0.4 is 5.46 Å². The van der Waals surface area contributed by atoms with Crippen molar-refractivity contribution in [2.45, 2.75) is 38.9 Å². The van der Waals surface area contributed by atoms with Crippen LogP contribution in [0.4, 0.5) is 0 Å². The molecular formula is C25H23BN2O2. The average molecular weight is 394 g/mol. The normalized spacial score (nSPS) is 17.5. The molecule has 0 N–H and O–H groups in total. The lowest BCUT2D eigenvalue weighted by Crippen LogP contribution is -2.41. The summed E-state index contributed by atoms with van der Waals surface area (Å²) < 4.78 is 14.8. The van der Waals surface area contributed by atoms with Gasteiger partial charge in [0, 0.05) is 16.5 Å². The number of hydrogen-bond donors (Lipinski definition) is 0. The van der Waals surface area contributed by atoms with Crippen LogP contribution in [0.5, 0.6) is 0 Å². The van der Waals surface area contributed by atoms with Gasteiger partial charge in [0.15, 0.2) is 0 Å². The lowest BCUT2D eigenvalue weighted by molar-refractivity contribution is 0.00578. The fourth-order valence-corrected chi connectivity index (χ4v) is 4.09. The summed E-state index contributed by atoms with van der Waals surface area (Å²) in [5.74, 6) is 0. The van der Waals surface area contributed by atoms with E-state index in [0.717, 1.165) is 33.0 Å². The molecular weight excluding hydrogens is 371 g/mol. The van der Waals surface area contributed by atoms with Crippen molar-refractivity contribution < 1.29 is 9.31 Å². The first-order chi connectivity index (χ1) is 14.3. The lowest BCUT2D eigenvalue weighted by atomic mass is 9.78. The second-order valence-electron chi connectivity index (χ2n) is 8.88. The van der Waals surface area contributed by atoms with Crippen LogP contribution in [-0.2, 0) is 9.31 Å². The molecule has 1 aromatic heterocycles. The van der Waals surface area contributed by atoms with Gasteiger partial charge in [-0.1, -0.05) is 30.3 Å². The highest BCUT2D eigenvalue weighted by Crippen LogP contribution is 2.37. The van der Waals surface area contributed by atoms with Crippen molar-refractivity contribution in [3.8, 4) is 11.8 Å². The molecule has 0 radical (unpaired) electrons. The van der Waals surface area contributed by atoms with Crippen LogP contribution in [0.15, 0.2) is 66.7 Å². The fraction of sp³-hybridized carbons (Fsp3) is 0.240. The Balaban J connectivity index is 1.75. The predicted molar refractivity (Wildman–Crippen MR) is 121 cm³/mol. The van der Waals surface area contributed by atoms with E-state index in [-0.39, 0.29) is 0 Å². The number of aromatic nitrogens is 1. The van der Waals surface area contributed by atoms with Crippen LogP contribution >= 0.6 is 0 Å².